The molecular weight excluding hydrogens is 440 g/mol. The van der Waals surface area contributed by atoms with E-state index in [9.17, 15) is 9.59 Å². The van der Waals surface area contributed by atoms with Crippen molar-refractivity contribution in [2.24, 2.45) is 5.73 Å². The van der Waals surface area contributed by atoms with E-state index in [0.29, 0.717) is 14.9 Å². The number of nitrogens with zero attached hydrogens (tertiary/aromatic N) is 1. The Hall–Kier alpha value is -3.78. The third-order valence-electron chi connectivity index (χ3n) is 5.37. The summed E-state index contributed by atoms with van der Waals surface area (Å²) in [5, 5.41) is 0. The summed E-state index contributed by atoms with van der Waals surface area (Å²) in [4.78, 5) is 26.1. The molecule has 0 bridgehead atoms. The molecule has 0 spiro atoms. The molecule has 2 heterocycles. The molecule has 0 saturated heterocycles. The Morgan fingerprint density at radius 3 is 2.24 bits per heavy atom. The number of methoxy groups -OCH3 is 2. The number of carbonyl (C=O) groups is 1. The first-order valence-electron chi connectivity index (χ1n) is 10.4. The number of carbonyl (C=O) groups excluding carboxylic acids is 1. The van der Waals surface area contributed by atoms with Crippen molar-refractivity contribution < 1.29 is 19.0 Å². The van der Waals surface area contributed by atoms with Crippen LogP contribution in [0.5, 0.6) is 11.5 Å². The minimum absolute atomic E-state index is 0.0856. The summed E-state index contributed by atoms with van der Waals surface area (Å²) in [6.07, 6.45) is 3.67. The minimum atomic E-state index is -0.545. The third-order valence-corrected chi connectivity index (χ3v) is 6.41. The average Bonchev–Trinajstić information content (AvgIpc) is 3.14. The lowest BCUT2D eigenvalue weighted by molar-refractivity contribution is -0.138. The van der Waals surface area contributed by atoms with Gasteiger partial charge in [0, 0.05) is 5.92 Å². The lowest BCUT2D eigenvalue weighted by Gasteiger charge is -2.22. The second-order valence-corrected chi connectivity index (χ2v) is 8.36. The molecule has 3 aromatic rings. The van der Waals surface area contributed by atoms with Crippen LogP contribution in [0.15, 0.2) is 58.9 Å². The van der Waals surface area contributed by atoms with Crippen molar-refractivity contribution in [1.82, 2.24) is 4.57 Å². The van der Waals surface area contributed by atoms with Gasteiger partial charge in [0.15, 0.2) is 0 Å². The number of ether oxygens (including phenoxy) is 3. The highest BCUT2D eigenvalue weighted by Crippen LogP contribution is 2.32. The molecule has 33 heavy (non-hydrogen) atoms. The first-order chi connectivity index (χ1) is 16.0. The lowest BCUT2D eigenvalue weighted by Crippen LogP contribution is -2.38. The van der Waals surface area contributed by atoms with Crippen LogP contribution in [0.2, 0.25) is 0 Å². The molecule has 170 valence electrons. The van der Waals surface area contributed by atoms with Gasteiger partial charge in [-0.2, -0.15) is 0 Å². The molecule has 0 aliphatic carbocycles. The summed E-state index contributed by atoms with van der Waals surface area (Å²) < 4.78 is 18.3. The van der Waals surface area contributed by atoms with Crippen molar-refractivity contribution in [3.05, 3.63) is 84.8 Å². The Morgan fingerprint density at radius 2 is 1.67 bits per heavy atom. The first kappa shape index (κ1) is 22.4. The smallest absolute Gasteiger partial charge is 0.338 e. The van der Waals surface area contributed by atoms with Gasteiger partial charge in [0.1, 0.15) is 22.0 Å². The number of rotatable bonds is 6. The van der Waals surface area contributed by atoms with E-state index in [0.717, 1.165) is 16.9 Å². The quantitative estimate of drug-likeness (QED) is 0.561. The van der Waals surface area contributed by atoms with Gasteiger partial charge in [0.05, 0.1) is 30.9 Å². The van der Waals surface area contributed by atoms with Gasteiger partial charge in [-0.3, -0.25) is 9.36 Å². The van der Waals surface area contributed by atoms with E-state index in [1.165, 1.54) is 15.9 Å². The van der Waals surface area contributed by atoms with Crippen LogP contribution in [-0.2, 0) is 9.53 Å². The SMILES string of the molecule is CCOC(=O)C1=C(N)n2c(s/c(=C\c3ccc(OC)cc3)c2=O)=CC1c1ccc(OC)cc1. The zero-order valence-electron chi connectivity index (χ0n) is 18.5. The normalized spacial score (nSPS) is 15.6. The predicted octanol–water partition coefficient (Wildman–Crippen LogP) is 2.02. The fourth-order valence-corrected chi connectivity index (χ4v) is 4.79. The molecule has 1 aliphatic rings. The molecule has 8 heteroatoms. The van der Waals surface area contributed by atoms with E-state index in [2.05, 4.69) is 0 Å². The summed E-state index contributed by atoms with van der Waals surface area (Å²) in [7, 11) is 3.19. The zero-order chi connectivity index (χ0) is 23.5. The molecule has 2 N–H and O–H groups in total. The topological polar surface area (TPSA) is 92.8 Å². The Balaban J connectivity index is 1.89. The van der Waals surface area contributed by atoms with Crippen LogP contribution in [0.4, 0.5) is 0 Å². The second-order valence-electron chi connectivity index (χ2n) is 7.30. The fourth-order valence-electron chi connectivity index (χ4n) is 3.71. The molecule has 0 radical (unpaired) electrons. The molecule has 7 nitrogen and oxygen atoms in total. The molecule has 0 amide bonds. The van der Waals surface area contributed by atoms with E-state index >= 15 is 0 Å². The van der Waals surface area contributed by atoms with Gasteiger partial charge >= 0.3 is 5.97 Å². The van der Waals surface area contributed by atoms with Crippen LogP contribution in [-0.4, -0.2) is 31.4 Å². The van der Waals surface area contributed by atoms with Gasteiger partial charge in [-0.1, -0.05) is 24.3 Å². The number of esters is 1. The van der Waals surface area contributed by atoms with Crippen molar-refractivity contribution in [3.8, 4) is 11.5 Å². The Kier molecular flexibility index (Phi) is 6.37. The van der Waals surface area contributed by atoms with E-state index in [4.69, 9.17) is 19.9 Å². The Morgan fingerprint density at radius 1 is 1.06 bits per heavy atom. The van der Waals surface area contributed by atoms with Gasteiger partial charge in [-0.05, 0) is 54.5 Å². The summed E-state index contributed by atoms with van der Waals surface area (Å²) in [6, 6.07) is 14.8. The van der Waals surface area contributed by atoms with Crippen molar-refractivity contribution in [3.63, 3.8) is 0 Å². The Bertz CT molecular complexity index is 1380. The highest BCUT2D eigenvalue weighted by Gasteiger charge is 2.31. The molecule has 0 fully saturated rings. The third kappa shape index (κ3) is 4.29. The van der Waals surface area contributed by atoms with Gasteiger partial charge in [-0.15, -0.1) is 11.3 Å². The van der Waals surface area contributed by atoms with E-state index in [-0.39, 0.29) is 23.6 Å². The highest BCUT2D eigenvalue weighted by atomic mass is 32.1. The van der Waals surface area contributed by atoms with Crippen molar-refractivity contribution in [1.29, 1.82) is 0 Å². The van der Waals surface area contributed by atoms with Crippen LogP contribution < -0.4 is 30.0 Å². The van der Waals surface area contributed by atoms with Crippen LogP contribution in [0.1, 0.15) is 24.0 Å². The molecule has 0 saturated carbocycles. The number of hydrogen-bond donors (Lipinski definition) is 1. The number of aromatic nitrogens is 1. The average molecular weight is 465 g/mol. The molecule has 1 atom stereocenters. The van der Waals surface area contributed by atoms with Crippen LogP contribution in [0.25, 0.3) is 18.0 Å². The molecule has 1 aromatic heterocycles. The monoisotopic (exact) mass is 464 g/mol. The van der Waals surface area contributed by atoms with Crippen molar-refractivity contribution in [2.45, 2.75) is 12.8 Å². The van der Waals surface area contributed by atoms with E-state index in [1.54, 1.807) is 27.2 Å². The van der Waals surface area contributed by atoms with Crippen LogP contribution in [0, 0.1) is 0 Å². The Labute approximate surface area is 194 Å². The van der Waals surface area contributed by atoms with Crippen LogP contribution in [0.3, 0.4) is 0 Å². The fraction of sp³-hybridized carbons (Fsp3) is 0.200. The van der Waals surface area contributed by atoms with E-state index < -0.39 is 11.9 Å². The number of fused-ring (bicyclic) bond motifs is 1. The predicted molar refractivity (Wildman–Crippen MR) is 129 cm³/mol. The molecule has 1 unspecified atom stereocenters. The number of nitrogens with two attached hydrogens (primary N) is 1. The maximum Gasteiger partial charge on any atom is 0.338 e. The van der Waals surface area contributed by atoms with Crippen LogP contribution >= 0.6 is 11.3 Å². The van der Waals surface area contributed by atoms with Gasteiger partial charge < -0.3 is 19.9 Å². The lowest BCUT2D eigenvalue weighted by atomic mass is 9.89. The number of hydrogen-bond acceptors (Lipinski definition) is 7. The van der Waals surface area contributed by atoms with Gasteiger partial charge in [0.2, 0.25) is 0 Å². The maximum atomic E-state index is 13.2. The largest absolute Gasteiger partial charge is 0.497 e. The second kappa shape index (κ2) is 9.38. The van der Waals surface area contributed by atoms with Gasteiger partial charge in [-0.25, -0.2) is 4.79 Å². The molecule has 1 aliphatic heterocycles. The summed E-state index contributed by atoms with van der Waals surface area (Å²) in [6.45, 7) is 1.93. The highest BCUT2D eigenvalue weighted by molar-refractivity contribution is 7.07. The summed E-state index contributed by atoms with van der Waals surface area (Å²) in [5.74, 6) is 0.519. The maximum absolute atomic E-state index is 13.2. The zero-order valence-corrected chi connectivity index (χ0v) is 19.3. The van der Waals surface area contributed by atoms with E-state index in [1.807, 2.05) is 54.6 Å². The van der Waals surface area contributed by atoms with Crippen molar-refractivity contribution >= 4 is 35.3 Å². The summed E-state index contributed by atoms with van der Waals surface area (Å²) >= 11 is 1.32. The standard InChI is InChI=1S/C25H24N2O5S/c1-4-32-25(29)22-19(16-7-11-18(31-3)12-8-16)14-21-27(23(22)26)24(28)20(33-21)13-15-5-9-17(30-2)10-6-15/h5-14,19H,4,26H2,1-3H3/b20-13-. The first-order valence-corrected chi connectivity index (χ1v) is 11.2. The van der Waals surface area contributed by atoms with Crippen molar-refractivity contribution in [2.75, 3.05) is 20.8 Å². The number of benzene rings is 2. The minimum Gasteiger partial charge on any atom is -0.497 e. The summed E-state index contributed by atoms with van der Waals surface area (Å²) in [5.41, 5.74) is 8.08. The molecule has 4 rings (SSSR count). The molecular formula is C25H24N2O5S. The van der Waals surface area contributed by atoms with Gasteiger partial charge in [0.25, 0.3) is 5.56 Å². The molecule has 2 aromatic carbocycles. The number of thiazole rings is 1.